The molecule has 0 unspecified atom stereocenters. The van der Waals surface area contributed by atoms with Crippen molar-refractivity contribution in [2.24, 2.45) is 5.92 Å². The topological polar surface area (TPSA) is 108 Å². The van der Waals surface area contributed by atoms with E-state index in [4.69, 9.17) is 5.26 Å². The first kappa shape index (κ1) is 24.3. The molecule has 1 saturated heterocycles. The third-order valence-electron chi connectivity index (χ3n) is 5.65. The summed E-state index contributed by atoms with van der Waals surface area (Å²) < 4.78 is 1.54. The van der Waals surface area contributed by atoms with E-state index in [0.29, 0.717) is 42.6 Å². The van der Waals surface area contributed by atoms with E-state index >= 15 is 0 Å². The number of rotatable bonds is 3. The minimum absolute atomic E-state index is 0.0577. The first-order valence-electron chi connectivity index (χ1n) is 11.4. The molecule has 2 aromatic heterocycles. The molecule has 1 amide bonds. The van der Waals surface area contributed by atoms with E-state index in [1.54, 1.807) is 6.20 Å². The van der Waals surface area contributed by atoms with E-state index in [9.17, 15) is 9.59 Å². The van der Waals surface area contributed by atoms with Gasteiger partial charge in [0.25, 0.3) is 11.5 Å². The average molecular weight is 427 g/mol. The highest BCUT2D eigenvalue weighted by atomic mass is 16.2. The van der Waals surface area contributed by atoms with Gasteiger partial charge >= 0.3 is 0 Å². The fourth-order valence-corrected chi connectivity index (χ4v) is 4.00. The number of likely N-dealkylation sites (tertiary alicyclic amines) is 1. The van der Waals surface area contributed by atoms with Crippen molar-refractivity contribution in [1.29, 1.82) is 5.26 Å². The highest BCUT2D eigenvalue weighted by Crippen LogP contribution is 2.23. The predicted molar refractivity (Wildman–Crippen MR) is 120 cm³/mol. The molecule has 0 saturated carbocycles. The van der Waals surface area contributed by atoms with E-state index in [2.05, 4.69) is 21.1 Å². The molecule has 1 N–H and O–H groups in total. The summed E-state index contributed by atoms with van der Waals surface area (Å²) in [7, 11) is 0. The molecule has 1 aliphatic heterocycles. The van der Waals surface area contributed by atoms with Crippen LogP contribution in [0, 0.1) is 24.2 Å². The van der Waals surface area contributed by atoms with Gasteiger partial charge in [0.05, 0.1) is 29.2 Å². The summed E-state index contributed by atoms with van der Waals surface area (Å²) in [6, 6.07) is 2.21. The summed E-state index contributed by atoms with van der Waals surface area (Å²) in [5.74, 6) is 0.686. The standard InChI is InChI=1S/C19H22N6O2.2C2H6/c1-12-15(18(27)24-9-6-13(5-8-20)7-10-24)11-21-25(12)19-22-16-4-2-3-14(16)17(26)23-19;2*1-2/h11,13H,2-7,9-10H2,1H3,(H,22,23,26);2*1-2H3. The number of carbonyl (C=O) groups is 1. The Kier molecular flexibility index (Phi) is 8.98. The van der Waals surface area contributed by atoms with Crippen molar-refractivity contribution in [1.82, 2.24) is 24.6 Å². The van der Waals surface area contributed by atoms with Gasteiger partial charge < -0.3 is 4.90 Å². The van der Waals surface area contributed by atoms with Gasteiger partial charge in [0.2, 0.25) is 5.95 Å². The van der Waals surface area contributed by atoms with Crippen LogP contribution in [0.1, 0.15) is 80.7 Å². The summed E-state index contributed by atoms with van der Waals surface area (Å²) in [4.78, 5) is 34.3. The van der Waals surface area contributed by atoms with Crippen LogP contribution in [0.2, 0.25) is 0 Å². The van der Waals surface area contributed by atoms with Gasteiger partial charge in [-0.1, -0.05) is 27.7 Å². The van der Waals surface area contributed by atoms with Crippen molar-refractivity contribution < 1.29 is 4.79 Å². The zero-order valence-corrected chi connectivity index (χ0v) is 19.4. The van der Waals surface area contributed by atoms with Crippen LogP contribution in [0.4, 0.5) is 0 Å². The normalized spacial score (nSPS) is 15.2. The highest BCUT2D eigenvalue weighted by molar-refractivity contribution is 5.95. The van der Waals surface area contributed by atoms with E-state index in [1.165, 1.54) is 4.68 Å². The van der Waals surface area contributed by atoms with Crippen molar-refractivity contribution >= 4 is 5.91 Å². The number of carbonyl (C=O) groups excluding carboxylic acids is 1. The third kappa shape index (κ3) is 5.22. The number of hydrogen-bond acceptors (Lipinski definition) is 5. The third-order valence-corrected chi connectivity index (χ3v) is 5.65. The summed E-state index contributed by atoms with van der Waals surface area (Å²) in [6.45, 7) is 11.1. The highest BCUT2D eigenvalue weighted by Gasteiger charge is 2.27. The lowest BCUT2D eigenvalue weighted by Crippen LogP contribution is -2.38. The molecule has 2 aromatic rings. The molecule has 8 nitrogen and oxygen atoms in total. The van der Waals surface area contributed by atoms with Gasteiger partial charge in [0, 0.05) is 25.1 Å². The summed E-state index contributed by atoms with van der Waals surface area (Å²) >= 11 is 0. The zero-order chi connectivity index (χ0) is 23.0. The van der Waals surface area contributed by atoms with E-state index in [-0.39, 0.29) is 11.5 Å². The number of amides is 1. The van der Waals surface area contributed by atoms with Gasteiger partial charge in [0.15, 0.2) is 0 Å². The van der Waals surface area contributed by atoms with Gasteiger partial charge in [-0.25, -0.2) is 9.67 Å². The number of piperidine rings is 1. The van der Waals surface area contributed by atoms with Crippen LogP contribution in [0.25, 0.3) is 5.95 Å². The number of nitrogens with one attached hydrogen (secondary N) is 1. The molecule has 1 fully saturated rings. The lowest BCUT2D eigenvalue weighted by atomic mass is 9.94. The Morgan fingerprint density at radius 3 is 2.55 bits per heavy atom. The number of nitrogens with zero attached hydrogens (tertiary/aromatic N) is 5. The Hall–Kier alpha value is -2.95. The number of aromatic nitrogens is 4. The van der Waals surface area contributed by atoms with Crippen molar-refractivity contribution in [2.75, 3.05) is 13.1 Å². The van der Waals surface area contributed by atoms with Crippen LogP contribution < -0.4 is 5.56 Å². The molecule has 4 rings (SSSR count). The zero-order valence-electron chi connectivity index (χ0n) is 19.4. The lowest BCUT2D eigenvalue weighted by Gasteiger charge is -2.30. The quantitative estimate of drug-likeness (QED) is 0.807. The maximum absolute atomic E-state index is 12.9. The van der Waals surface area contributed by atoms with E-state index in [1.807, 2.05) is 39.5 Å². The monoisotopic (exact) mass is 426 g/mol. The van der Waals surface area contributed by atoms with Gasteiger partial charge in [-0.05, 0) is 44.9 Å². The summed E-state index contributed by atoms with van der Waals surface area (Å²) in [5, 5.41) is 13.1. The molecule has 0 atom stereocenters. The average Bonchev–Trinajstić information content (AvgIpc) is 3.44. The molecule has 0 spiro atoms. The second-order valence-corrected chi connectivity index (χ2v) is 7.32. The smallest absolute Gasteiger partial charge is 0.257 e. The molecule has 2 aliphatic rings. The number of H-pyrrole nitrogens is 1. The molecule has 8 heteroatoms. The van der Waals surface area contributed by atoms with Crippen LogP contribution in [-0.4, -0.2) is 43.6 Å². The van der Waals surface area contributed by atoms with Crippen LogP contribution in [0.3, 0.4) is 0 Å². The fraction of sp³-hybridized carbons (Fsp3) is 0.609. The maximum Gasteiger partial charge on any atom is 0.257 e. The van der Waals surface area contributed by atoms with Crippen molar-refractivity contribution in [3.8, 4) is 12.0 Å². The van der Waals surface area contributed by atoms with Crippen LogP contribution in [-0.2, 0) is 12.8 Å². The fourth-order valence-electron chi connectivity index (χ4n) is 4.00. The maximum atomic E-state index is 12.9. The van der Waals surface area contributed by atoms with Gasteiger partial charge in [-0.3, -0.25) is 14.6 Å². The molecule has 1 aliphatic carbocycles. The van der Waals surface area contributed by atoms with Crippen LogP contribution in [0.15, 0.2) is 11.0 Å². The van der Waals surface area contributed by atoms with Gasteiger partial charge in [-0.2, -0.15) is 10.4 Å². The number of aryl methyl sites for hydroxylation is 1. The van der Waals surface area contributed by atoms with Crippen LogP contribution >= 0.6 is 0 Å². The second-order valence-electron chi connectivity index (χ2n) is 7.32. The molecule has 3 heterocycles. The summed E-state index contributed by atoms with van der Waals surface area (Å²) in [5.41, 5.74) is 2.67. The first-order chi connectivity index (χ1) is 15.1. The first-order valence-corrected chi connectivity index (χ1v) is 11.4. The molecule has 0 radical (unpaired) electrons. The number of aromatic amines is 1. The van der Waals surface area contributed by atoms with Crippen molar-refractivity contribution in [3.63, 3.8) is 0 Å². The molecule has 168 valence electrons. The van der Waals surface area contributed by atoms with Gasteiger partial charge in [-0.15, -0.1) is 0 Å². The van der Waals surface area contributed by atoms with E-state index < -0.39 is 0 Å². The number of hydrogen-bond donors (Lipinski definition) is 1. The molecular formula is C23H34N6O2. The number of fused-ring (bicyclic) bond motifs is 1. The minimum atomic E-state index is -0.116. The molecule has 0 bridgehead atoms. The molecular weight excluding hydrogens is 392 g/mol. The minimum Gasteiger partial charge on any atom is -0.339 e. The Labute approximate surface area is 184 Å². The van der Waals surface area contributed by atoms with Crippen molar-refractivity contribution in [3.05, 3.63) is 39.1 Å². The largest absolute Gasteiger partial charge is 0.339 e. The predicted octanol–water partition coefficient (Wildman–Crippen LogP) is 3.57. The Morgan fingerprint density at radius 1 is 1.23 bits per heavy atom. The molecule has 31 heavy (non-hydrogen) atoms. The SMILES string of the molecule is CC.CC.Cc1c(C(=O)N2CCC(CC#N)CC2)cnn1-c1nc2c(c(=O)[nH]1)CCC2. The Balaban J connectivity index is 0.000000807. The second kappa shape index (κ2) is 11.4. The lowest BCUT2D eigenvalue weighted by molar-refractivity contribution is 0.0691. The summed E-state index contributed by atoms with van der Waals surface area (Å²) in [6.07, 6.45) is 6.32. The van der Waals surface area contributed by atoms with Gasteiger partial charge in [0.1, 0.15) is 0 Å². The van der Waals surface area contributed by atoms with Crippen molar-refractivity contribution in [2.45, 2.75) is 73.1 Å². The molecule has 0 aromatic carbocycles. The van der Waals surface area contributed by atoms with E-state index in [0.717, 1.165) is 43.4 Å². The Bertz CT molecular complexity index is 977. The van der Waals surface area contributed by atoms with Crippen LogP contribution in [0.5, 0.6) is 0 Å². The Morgan fingerprint density at radius 2 is 1.90 bits per heavy atom. The number of nitriles is 1.